The lowest BCUT2D eigenvalue weighted by molar-refractivity contribution is -0.115. The number of nitrogens with one attached hydrogen (secondary N) is 3. The molecule has 0 unspecified atom stereocenters. The Bertz CT molecular complexity index is 1040. The van der Waals surface area contributed by atoms with Crippen LogP contribution in [0.4, 0.5) is 10.5 Å². The van der Waals surface area contributed by atoms with Gasteiger partial charge < -0.3 is 20.5 Å². The first-order chi connectivity index (χ1) is 14.4. The van der Waals surface area contributed by atoms with E-state index < -0.39 is 6.03 Å². The SMILES string of the molecule is Cc1ccc(CNC(=O)NCC(=O)Nc2ccc(C(=O)c3nccn3C)cc2)cc1. The first-order valence-electron chi connectivity index (χ1n) is 9.41. The minimum absolute atomic E-state index is 0.173. The maximum absolute atomic E-state index is 12.4. The van der Waals surface area contributed by atoms with Gasteiger partial charge >= 0.3 is 6.03 Å². The highest BCUT2D eigenvalue weighted by Gasteiger charge is 2.13. The number of aromatic nitrogens is 2. The number of nitrogens with zero attached hydrogens (tertiary/aromatic N) is 2. The largest absolute Gasteiger partial charge is 0.334 e. The molecule has 0 aliphatic rings. The Hall–Kier alpha value is -3.94. The number of imidazole rings is 1. The fourth-order valence-corrected chi connectivity index (χ4v) is 2.73. The third-order valence-corrected chi connectivity index (χ3v) is 4.44. The van der Waals surface area contributed by atoms with Crippen molar-refractivity contribution in [3.63, 3.8) is 0 Å². The fourth-order valence-electron chi connectivity index (χ4n) is 2.73. The number of carbonyl (C=O) groups is 3. The van der Waals surface area contributed by atoms with Crippen molar-refractivity contribution in [1.82, 2.24) is 20.2 Å². The Kier molecular flexibility index (Phi) is 6.59. The molecule has 154 valence electrons. The minimum atomic E-state index is -0.429. The van der Waals surface area contributed by atoms with Crippen LogP contribution in [-0.2, 0) is 18.4 Å². The predicted molar refractivity (Wildman–Crippen MR) is 113 cm³/mol. The third-order valence-electron chi connectivity index (χ3n) is 4.44. The molecule has 0 aliphatic carbocycles. The lowest BCUT2D eigenvalue weighted by Crippen LogP contribution is -2.39. The summed E-state index contributed by atoms with van der Waals surface area (Å²) in [4.78, 5) is 40.3. The van der Waals surface area contributed by atoms with Crippen LogP contribution >= 0.6 is 0 Å². The van der Waals surface area contributed by atoms with Gasteiger partial charge in [0.15, 0.2) is 5.82 Å². The van der Waals surface area contributed by atoms with Crippen molar-refractivity contribution in [3.8, 4) is 0 Å². The second-order valence-corrected chi connectivity index (χ2v) is 6.84. The van der Waals surface area contributed by atoms with Gasteiger partial charge in [0, 0.05) is 37.2 Å². The monoisotopic (exact) mass is 405 g/mol. The average molecular weight is 405 g/mol. The van der Waals surface area contributed by atoms with Crippen molar-refractivity contribution in [2.75, 3.05) is 11.9 Å². The molecule has 2 aromatic carbocycles. The molecule has 3 amide bonds. The number of anilines is 1. The predicted octanol–water partition coefficient (Wildman–Crippen LogP) is 2.40. The van der Waals surface area contributed by atoms with E-state index in [-0.39, 0.29) is 18.2 Å². The molecule has 8 nitrogen and oxygen atoms in total. The van der Waals surface area contributed by atoms with Gasteiger partial charge in [0.2, 0.25) is 11.7 Å². The van der Waals surface area contributed by atoms with Crippen LogP contribution in [0.25, 0.3) is 0 Å². The molecule has 30 heavy (non-hydrogen) atoms. The molecule has 1 heterocycles. The number of hydrogen-bond acceptors (Lipinski definition) is 4. The molecule has 3 aromatic rings. The van der Waals surface area contributed by atoms with E-state index in [0.29, 0.717) is 23.6 Å². The van der Waals surface area contributed by atoms with Gasteiger partial charge in [-0.2, -0.15) is 0 Å². The molecule has 0 saturated carbocycles. The number of amides is 3. The molecule has 0 atom stereocenters. The van der Waals surface area contributed by atoms with Crippen LogP contribution < -0.4 is 16.0 Å². The van der Waals surface area contributed by atoms with Gasteiger partial charge in [-0.05, 0) is 36.8 Å². The van der Waals surface area contributed by atoms with Crippen LogP contribution in [0.15, 0.2) is 60.9 Å². The normalized spacial score (nSPS) is 10.3. The lowest BCUT2D eigenvalue weighted by atomic mass is 10.1. The molecule has 0 radical (unpaired) electrons. The van der Waals surface area contributed by atoms with Crippen molar-refractivity contribution in [3.05, 3.63) is 83.4 Å². The van der Waals surface area contributed by atoms with Gasteiger partial charge in [-0.15, -0.1) is 0 Å². The summed E-state index contributed by atoms with van der Waals surface area (Å²) in [6, 6.07) is 13.9. The topological polar surface area (TPSA) is 105 Å². The number of urea groups is 1. The minimum Gasteiger partial charge on any atom is -0.334 e. The van der Waals surface area contributed by atoms with Crippen molar-refractivity contribution in [2.24, 2.45) is 7.05 Å². The molecule has 1 aromatic heterocycles. The summed E-state index contributed by atoms with van der Waals surface area (Å²) in [5, 5.41) is 7.89. The molecule has 0 aliphatic heterocycles. The highest BCUT2D eigenvalue weighted by atomic mass is 16.2. The zero-order valence-electron chi connectivity index (χ0n) is 16.8. The summed E-state index contributed by atoms with van der Waals surface area (Å²) < 4.78 is 1.65. The number of rotatable bonds is 7. The molecular formula is C22H23N5O3. The number of benzene rings is 2. The average Bonchev–Trinajstić information content (AvgIpc) is 3.17. The van der Waals surface area contributed by atoms with E-state index >= 15 is 0 Å². The van der Waals surface area contributed by atoms with E-state index in [0.717, 1.165) is 11.1 Å². The van der Waals surface area contributed by atoms with Crippen LogP contribution in [0.5, 0.6) is 0 Å². The maximum atomic E-state index is 12.4. The number of aryl methyl sites for hydroxylation is 2. The summed E-state index contributed by atoms with van der Waals surface area (Å²) in [5.41, 5.74) is 3.11. The first kappa shape index (κ1) is 20.8. The van der Waals surface area contributed by atoms with Gasteiger partial charge in [0.1, 0.15) is 0 Å². The quantitative estimate of drug-likeness (QED) is 0.525. The summed E-state index contributed by atoms with van der Waals surface area (Å²) in [6.45, 7) is 2.20. The van der Waals surface area contributed by atoms with Gasteiger partial charge in [0.05, 0.1) is 6.54 Å². The Morgan fingerprint density at radius 1 is 0.967 bits per heavy atom. The third kappa shape index (κ3) is 5.54. The molecule has 8 heteroatoms. The summed E-state index contributed by atoms with van der Waals surface area (Å²) in [6.07, 6.45) is 3.26. The van der Waals surface area contributed by atoms with E-state index in [2.05, 4.69) is 20.9 Å². The zero-order chi connectivity index (χ0) is 21.5. The Morgan fingerprint density at radius 2 is 1.67 bits per heavy atom. The molecule has 0 fully saturated rings. The van der Waals surface area contributed by atoms with Gasteiger partial charge in [-0.3, -0.25) is 9.59 Å². The summed E-state index contributed by atoms with van der Waals surface area (Å²) >= 11 is 0. The van der Waals surface area contributed by atoms with E-state index in [9.17, 15) is 14.4 Å². The Labute approximate surface area is 174 Å². The van der Waals surface area contributed by atoms with Crippen LogP contribution in [0.1, 0.15) is 27.3 Å². The number of ketones is 1. The molecule has 3 N–H and O–H groups in total. The number of carbonyl (C=O) groups excluding carboxylic acids is 3. The summed E-state index contributed by atoms with van der Waals surface area (Å²) in [7, 11) is 1.75. The van der Waals surface area contributed by atoms with Crippen LogP contribution in [0, 0.1) is 6.92 Å². The lowest BCUT2D eigenvalue weighted by Gasteiger charge is -2.09. The Morgan fingerprint density at radius 3 is 2.30 bits per heavy atom. The maximum Gasteiger partial charge on any atom is 0.315 e. The highest BCUT2D eigenvalue weighted by Crippen LogP contribution is 2.13. The van der Waals surface area contributed by atoms with E-state index in [1.165, 1.54) is 0 Å². The second kappa shape index (κ2) is 9.51. The standard InChI is InChI=1S/C22H23N5O3/c1-15-3-5-16(6-4-15)13-24-22(30)25-14-19(28)26-18-9-7-17(8-10-18)20(29)21-23-11-12-27(21)2/h3-12H,13-14H2,1-2H3,(H,26,28)(H2,24,25,30). The molecule has 3 rings (SSSR count). The van der Waals surface area contributed by atoms with Crippen LogP contribution in [0.3, 0.4) is 0 Å². The van der Waals surface area contributed by atoms with Crippen molar-refractivity contribution in [2.45, 2.75) is 13.5 Å². The highest BCUT2D eigenvalue weighted by molar-refractivity contribution is 6.07. The van der Waals surface area contributed by atoms with Crippen LogP contribution in [0.2, 0.25) is 0 Å². The van der Waals surface area contributed by atoms with Crippen molar-refractivity contribution >= 4 is 23.4 Å². The van der Waals surface area contributed by atoms with E-state index in [4.69, 9.17) is 0 Å². The zero-order valence-corrected chi connectivity index (χ0v) is 16.8. The van der Waals surface area contributed by atoms with Crippen molar-refractivity contribution in [1.29, 1.82) is 0 Å². The van der Waals surface area contributed by atoms with Gasteiger partial charge in [0.25, 0.3) is 0 Å². The fraction of sp³-hybridized carbons (Fsp3) is 0.182. The molecule has 0 saturated heterocycles. The molecule has 0 spiro atoms. The van der Waals surface area contributed by atoms with Gasteiger partial charge in [-0.25, -0.2) is 9.78 Å². The second-order valence-electron chi connectivity index (χ2n) is 6.84. The van der Waals surface area contributed by atoms with E-state index in [1.54, 1.807) is 48.3 Å². The van der Waals surface area contributed by atoms with Gasteiger partial charge in [-0.1, -0.05) is 29.8 Å². The smallest absolute Gasteiger partial charge is 0.315 e. The summed E-state index contributed by atoms with van der Waals surface area (Å²) in [5.74, 6) is -0.233. The van der Waals surface area contributed by atoms with E-state index in [1.807, 2.05) is 31.2 Å². The Balaban J connectivity index is 1.44. The first-order valence-corrected chi connectivity index (χ1v) is 9.41. The van der Waals surface area contributed by atoms with Crippen LogP contribution in [-0.4, -0.2) is 33.8 Å². The molecule has 0 bridgehead atoms. The number of hydrogen-bond donors (Lipinski definition) is 3. The molecular weight excluding hydrogens is 382 g/mol. The van der Waals surface area contributed by atoms with Crippen molar-refractivity contribution < 1.29 is 14.4 Å².